The number of rotatable bonds is 5. The monoisotopic (exact) mass is 285 g/mol. The number of hydrogen-bond donors (Lipinski definition) is 1. The molecule has 1 atom stereocenters. The summed E-state index contributed by atoms with van der Waals surface area (Å²) in [6, 6.07) is 8.71. The lowest BCUT2D eigenvalue weighted by Gasteiger charge is -2.30. The molecule has 1 aromatic carbocycles. The zero-order valence-electron chi connectivity index (χ0n) is 13.6. The molecule has 1 aromatic rings. The molecule has 0 fully saturated rings. The molecule has 0 saturated heterocycles. The van der Waals surface area contributed by atoms with Crippen LogP contribution in [-0.2, 0) is 5.41 Å². The number of likely N-dealkylation sites (N-methyl/N-ethyl adjacent to an activating group) is 1. The third kappa shape index (κ3) is 3.56. The summed E-state index contributed by atoms with van der Waals surface area (Å²) in [7, 11) is 2.01. The topological polar surface area (TPSA) is 23.5 Å². The third-order valence-corrected chi connectivity index (χ3v) is 4.48. The lowest BCUT2D eigenvalue weighted by Crippen LogP contribution is -2.23. The predicted octanol–water partition coefficient (Wildman–Crippen LogP) is 3.92. The largest absolute Gasteiger partial charge is 0.395 e. The summed E-state index contributed by atoms with van der Waals surface area (Å²) in [5, 5.41) is 9.01. The molecule has 0 saturated carbocycles. The van der Waals surface area contributed by atoms with Gasteiger partial charge in [0.15, 0.2) is 0 Å². The molecule has 0 spiro atoms. The van der Waals surface area contributed by atoms with Crippen molar-refractivity contribution in [2.75, 3.05) is 25.1 Å². The van der Waals surface area contributed by atoms with Crippen LogP contribution in [0.1, 0.15) is 32.8 Å². The Bertz CT molecular complexity index is 527. The highest BCUT2D eigenvalue weighted by atomic mass is 16.3. The first-order chi connectivity index (χ1) is 9.96. The van der Waals surface area contributed by atoms with Gasteiger partial charge < -0.3 is 10.0 Å². The highest BCUT2D eigenvalue weighted by molar-refractivity contribution is 5.49. The predicted molar refractivity (Wildman–Crippen MR) is 90.8 cm³/mol. The highest BCUT2D eigenvalue weighted by Gasteiger charge is 2.25. The maximum absolute atomic E-state index is 9.01. The quantitative estimate of drug-likeness (QED) is 0.886. The number of nitrogens with zero attached hydrogens (tertiary/aromatic N) is 1. The Kier molecular flexibility index (Phi) is 4.89. The zero-order valence-corrected chi connectivity index (χ0v) is 13.6. The van der Waals surface area contributed by atoms with Gasteiger partial charge in [-0.15, -0.1) is 0 Å². The Morgan fingerprint density at radius 3 is 2.38 bits per heavy atom. The van der Waals surface area contributed by atoms with Crippen molar-refractivity contribution < 1.29 is 5.11 Å². The van der Waals surface area contributed by atoms with Gasteiger partial charge in [-0.1, -0.05) is 51.1 Å². The Labute approximate surface area is 128 Å². The van der Waals surface area contributed by atoms with E-state index in [1.165, 1.54) is 11.1 Å². The van der Waals surface area contributed by atoms with Crippen LogP contribution in [0.5, 0.6) is 0 Å². The van der Waals surface area contributed by atoms with Crippen molar-refractivity contribution in [2.45, 2.75) is 32.6 Å². The van der Waals surface area contributed by atoms with Crippen molar-refractivity contribution in [1.29, 1.82) is 0 Å². The molecular weight excluding hydrogens is 258 g/mol. The third-order valence-electron chi connectivity index (χ3n) is 4.48. The lowest BCUT2D eigenvalue weighted by atomic mass is 9.75. The lowest BCUT2D eigenvalue weighted by molar-refractivity contribution is 0.304. The van der Waals surface area contributed by atoms with Crippen molar-refractivity contribution >= 4 is 5.69 Å². The van der Waals surface area contributed by atoms with Gasteiger partial charge in [0.1, 0.15) is 0 Å². The molecule has 1 unspecified atom stereocenters. The zero-order chi connectivity index (χ0) is 15.5. The van der Waals surface area contributed by atoms with E-state index in [0.717, 1.165) is 12.1 Å². The molecule has 0 heterocycles. The van der Waals surface area contributed by atoms with Crippen LogP contribution in [0.2, 0.25) is 0 Å². The van der Waals surface area contributed by atoms with Crippen molar-refractivity contribution in [1.82, 2.24) is 0 Å². The molecule has 2 heteroatoms. The number of aliphatic hydroxyl groups excluding tert-OH is 1. The van der Waals surface area contributed by atoms with E-state index in [0.29, 0.717) is 12.5 Å². The van der Waals surface area contributed by atoms with E-state index in [9.17, 15) is 0 Å². The molecule has 0 radical (unpaired) electrons. The van der Waals surface area contributed by atoms with Gasteiger partial charge in [-0.2, -0.15) is 0 Å². The van der Waals surface area contributed by atoms with Gasteiger partial charge in [0.2, 0.25) is 0 Å². The van der Waals surface area contributed by atoms with Crippen LogP contribution in [0.3, 0.4) is 0 Å². The molecule has 0 amide bonds. The van der Waals surface area contributed by atoms with Crippen molar-refractivity contribution in [3.8, 4) is 0 Å². The molecule has 2 nitrogen and oxygen atoms in total. The first-order valence-corrected chi connectivity index (χ1v) is 7.78. The molecule has 114 valence electrons. The molecule has 21 heavy (non-hydrogen) atoms. The Balaban J connectivity index is 2.14. The van der Waals surface area contributed by atoms with E-state index in [1.54, 1.807) is 0 Å². The number of hydrogen-bond acceptors (Lipinski definition) is 2. The van der Waals surface area contributed by atoms with Gasteiger partial charge in [-0.25, -0.2) is 0 Å². The maximum atomic E-state index is 9.01. The van der Waals surface area contributed by atoms with Gasteiger partial charge in [0.25, 0.3) is 0 Å². The summed E-state index contributed by atoms with van der Waals surface area (Å²) in [6.45, 7) is 7.62. The van der Waals surface area contributed by atoms with Crippen molar-refractivity contribution in [3.63, 3.8) is 0 Å². The maximum Gasteiger partial charge on any atom is 0.0606 e. The Morgan fingerprint density at radius 1 is 1.24 bits per heavy atom. The second kappa shape index (κ2) is 6.48. The number of anilines is 1. The second-order valence-electron chi connectivity index (χ2n) is 6.51. The standard InChI is InChI=1S/C19H27NO/c1-15(2)16-9-11-19(3,12-10-16)17-5-7-18(8-6-17)20(4)13-14-21/h5-11,15,21H,12-14H2,1-4H3. The van der Waals surface area contributed by atoms with Crippen LogP contribution in [0.4, 0.5) is 5.69 Å². The van der Waals surface area contributed by atoms with E-state index >= 15 is 0 Å². The number of benzene rings is 1. The van der Waals surface area contributed by atoms with E-state index in [2.05, 4.69) is 68.2 Å². The summed E-state index contributed by atoms with van der Waals surface area (Å²) >= 11 is 0. The molecule has 0 aliphatic heterocycles. The van der Waals surface area contributed by atoms with E-state index < -0.39 is 0 Å². The van der Waals surface area contributed by atoms with Crippen molar-refractivity contribution in [2.24, 2.45) is 5.92 Å². The van der Waals surface area contributed by atoms with E-state index in [-0.39, 0.29) is 12.0 Å². The Hall–Kier alpha value is -1.54. The molecule has 1 N–H and O–H groups in total. The first-order valence-electron chi connectivity index (χ1n) is 7.78. The summed E-state index contributed by atoms with van der Waals surface area (Å²) in [6.07, 6.45) is 8.05. The fourth-order valence-electron chi connectivity index (χ4n) is 2.76. The minimum absolute atomic E-state index is 0.0898. The highest BCUT2D eigenvalue weighted by Crippen LogP contribution is 2.35. The molecule has 2 rings (SSSR count). The van der Waals surface area contributed by atoms with Crippen LogP contribution in [0.25, 0.3) is 0 Å². The van der Waals surface area contributed by atoms with Gasteiger partial charge in [0.05, 0.1) is 6.61 Å². The van der Waals surface area contributed by atoms with Crippen LogP contribution in [0, 0.1) is 5.92 Å². The van der Waals surface area contributed by atoms with Gasteiger partial charge in [-0.05, 0) is 35.6 Å². The fourth-order valence-corrected chi connectivity index (χ4v) is 2.76. The smallest absolute Gasteiger partial charge is 0.0606 e. The average Bonchev–Trinajstić information content (AvgIpc) is 2.48. The molecule has 0 bridgehead atoms. The summed E-state index contributed by atoms with van der Waals surface area (Å²) in [5.41, 5.74) is 4.02. The van der Waals surface area contributed by atoms with E-state index in [1.807, 2.05) is 7.05 Å². The fraction of sp³-hybridized carbons (Fsp3) is 0.474. The second-order valence-corrected chi connectivity index (χ2v) is 6.51. The van der Waals surface area contributed by atoms with Gasteiger partial charge in [0, 0.05) is 24.7 Å². The normalized spacial score (nSPS) is 21.5. The molecule has 1 aliphatic rings. The summed E-state index contributed by atoms with van der Waals surface area (Å²) < 4.78 is 0. The van der Waals surface area contributed by atoms with Crippen molar-refractivity contribution in [3.05, 3.63) is 53.6 Å². The van der Waals surface area contributed by atoms with E-state index in [4.69, 9.17) is 5.11 Å². The van der Waals surface area contributed by atoms with Crippen LogP contribution >= 0.6 is 0 Å². The van der Waals surface area contributed by atoms with Gasteiger partial charge >= 0.3 is 0 Å². The minimum atomic E-state index is 0.0898. The number of aliphatic hydroxyl groups is 1. The Morgan fingerprint density at radius 2 is 1.90 bits per heavy atom. The van der Waals surface area contributed by atoms with Crippen LogP contribution in [-0.4, -0.2) is 25.3 Å². The van der Waals surface area contributed by atoms with Crippen LogP contribution < -0.4 is 4.90 Å². The summed E-state index contributed by atoms with van der Waals surface area (Å²) in [5.74, 6) is 0.598. The average molecular weight is 285 g/mol. The molecule has 1 aliphatic carbocycles. The van der Waals surface area contributed by atoms with Crippen LogP contribution in [0.15, 0.2) is 48.1 Å². The summed E-state index contributed by atoms with van der Waals surface area (Å²) in [4.78, 5) is 2.07. The molecular formula is C19H27NO. The molecule has 0 aromatic heterocycles. The number of allylic oxidation sites excluding steroid dienone is 4. The first kappa shape index (κ1) is 15.8. The van der Waals surface area contributed by atoms with Gasteiger partial charge in [-0.3, -0.25) is 0 Å². The minimum Gasteiger partial charge on any atom is -0.395 e. The SMILES string of the molecule is CC(C)C1=CCC(C)(c2ccc(N(C)CCO)cc2)C=C1.